The minimum Gasteiger partial charge on any atom is -0.481 e. The highest BCUT2D eigenvalue weighted by Gasteiger charge is 2.03. The lowest BCUT2D eigenvalue weighted by Gasteiger charge is -2.11. The summed E-state index contributed by atoms with van der Waals surface area (Å²) in [6.07, 6.45) is 3.24. The van der Waals surface area contributed by atoms with E-state index in [1.165, 1.54) is 6.33 Å². The van der Waals surface area contributed by atoms with Crippen LogP contribution < -0.4 is 15.4 Å². The lowest BCUT2D eigenvalue weighted by atomic mass is 10.3. The molecule has 0 amide bonds. The summed E-state index contributed by atoms with van der Waals surface area (Å²) in [6.45, 7) is 3.90. The van der Waals surface area contributed by atoms with Crippen molar-refractivity contribution in [2.75, 3.05) is 13.7 Å². The maximum atomic E-state index is 5.11. The van der Waals surface area contributed by atoms with E-state index >= 15 is 0 Å². The maximum absolute atomic E-state index is 5.11. The van der Waals surface area contributed by atoms with E-state index in [1.54, 1.807) is 18.0 Å². The Morgan fingerprint density at radius 2 is 2.23 bits per heavy atom. The number of rotatable bonds is 6. The number of hydrogen-bond donors (Lipinski definition) is 2. The molecule has 2 N–H and O–H groups in total. The molecule has 118 valence electrons. The van der Waals surface area contributed by atoms with Gasteiger partial charge in [-0.05, 0) is 18.6 Å². The normalized spacial score (nSPS) is 11.3. The molecule has 2 aromatic heterocycles. The number of aromatic nitrogens is 4. The van der Waals surface area contributed by atoms with Gasteiger partial charge in [0.05, 0.1) is 20.2 Å². The molecule has 0 aliphatic rings. The van der Waals surface area contributed by atoms with Gasteiger partial charge in [-0.2, -0.15) is 5.10 Å². The second kappa shape index (κ2) is 7.96. The lowest BCUT2D eigenvalue weighted by molar-refractivity contribution is 0.397. The van der Waals surface area contributed by atoms with Crippen LogP contribution in [0.1, 0.15) is 18.3 Å². The first-order valence-corrected chi connectivity index (χ1v) is 7.07. The van der Waals surface area contributed by atoms with E-state index < -0.39 is 0 Å². The molecule has 0 atom stereocenters. The van der Waals surface area contributed by atoms with Crippen molar-refractivity contribution in [3.8, 4) is 5.88 Å². The predicted octanol–water partition coefficient (Wildman–Crippen LogP) is 0.474. The third-order valence-electron chi connectivity index (χ3n) is 2.99. The van der Waals surface area contributed by atoms with Gasteiger partial charge < -0.3 is 15.4 Å². The van der Waals surface area contributed by atoms with Crippen molar-refractivity contribution >= 4 is 5.96 Å². The second-order valence-electron chi connectivity index (χ2n) is 4.56. The molecule has 0 fully saturated rings. The zero-order valence-corrected chi connectivity index (χ0v) is 13.1. The van der Waals surface area contributed by atoms with Crippen molar-refractivity contribution in [2.24, 2.45) is 12.0 Å². The highest BCUT2D eigenvalue weighted by Crippen LogP contribution is 2.09. The van der Waals surface area contributed by atoms with E-state index in [0.717, 1.165) is 23.9 Å². The molecule has 0 spiro atoms. The molecule has 0 aliphatic heterocycles. The maximum Gasteiger partial charge on any atom is 0.213 e. The zero-order chi connectivity index (χ0) is 15.8. The van der Waals surface area contributed by atoms with Crippen molar-refractivity contribution in [1.82, 2.24) is 30.4 Å². The van der Waals surface area contributed by atoms with Crippen molar-refractivity contribution in [1.29, 1.82) is 0 Å². The minimum atomic E-state index is 0.535. The van der Waals surface area contributed by atoms with Gasteiger partial charge >= 0.3 is 0 Å². The molecule has 0 saturated carbocycles. The lowest BCUT2D eigenvalue weighted by Crippen LogP contribution is -2.37. The first-order chi connectivity index (χ1) is 10.7. The van der Waals surface area contributed by atoms with E-state index in [-0.39, 0.29) is 0 Å². The largest absolute Gasteiger partial charge is 0.481 e. The monoisotopic (exact) mass is 303 g/mol. The first-order valence-electron chi connectivity index (χ1n) is 7.07. The first kappa shape index (κ1) is 15.7. The fourth-order valence-electron chi connectivity index (χ4n) is 1.82. The van der Waals surface area contributed by atoms with Crippen molar-refractivity contribution < 1.29 is 4.74 Å². The Balaban J connectivity index is 1.98. The molecule has 8 heteroatoms. The van der Waals surface area contributed by atoms with Gasteiger partial charge in [0.2, 0.25) is 5.88 Å². The summed E-state index contributed by atoms with van der Waals surface area (Å²) < 4.78 is 6.84. The van der Waals surface area contributed by atoms with Gasteiger partial charge in [-0.25, -0.2) is 15.0 Å². The molecular weight excluding hydrogens is 282 g/mol. The Hall–Kier alpha value is -2.64. The molecule has 2 heterocycles. The van der Waals surface area contributed by atoms with Crippen LogP contribution in [0, 0.1) is 0 Å². The number of pyridine rings is 1. The van der Waals surface area contributed by atoms with Crippen LogP contribution in [0.15, 0.2) is 29.6 Å². The Kier molecular flexibility index (Phi) is 5.70. The van der Waals surface area contributed by atoms with Crippen molar-refractivity contribution in [3.63, 3.8) is 0 Å². The highest BCUT2D eigenvalue weighted by atomic mass is 16.5. The van der Waals surface area contributed by atoms with E-state index in [9.17, 15) is 0 Å². The number of nitrogens with one attached hydrogen (secondary N) is 2. The van der Waals surface area contributed by atoms with Gasteiger partial charge in [0.1, 0.15) is 12.2 Å². The van der Waals surface area contributed by atoms with Gasteiger partial charge in [0, 0.05) is 25.9 Å². The van der Waals surface area contributed by atoms with Gasteiger partial charge in [-0.3, -0.25) is 4.68 Å². The zero-order valence-electron chi connectivity index (χ0n) is 13.1. The molecule has 0 aliphatic carbocycles. The molecule has 2 aromatic rings. The van der Waals surface area contributed by atoms with Gasteiger partial charge in [0.25, 0.3) is 0 Å². The predicted molar refractivity (Wildman–Crippen MR) is 83.4 cm³/mol. The molecule has 8 nitrogen and oxygen atoms in total. The van der Waals surface area contributed by atoms with Gasteiger partial charge in [-0.15, -0.1) is 0 Å². The Bertz CT molecular complexity index is 623. The molecule has 2 rings (SSSR count). The number of ether oxygens (including phenoxy) is 1. The average Bonchev–Trinajstić information content (AvgIpc) is 2.95. The summed E-state index contributed by atoms with van der Waals surface area (Å²) in [5, 5.41) is 10.5. The van der Waals surface area contributed by atoms with Crippen LogP contribution in [0.2, 0.25) is 0 Å². The van der Waals surface area contributed by atoms with Crippen LogP contribution in [-0.4, -0.2) is 39.4 Å². The van der Waals surface area contributed by atoms with Crippen LogP contribution in [-0.2, 0) is 20.1 Å². The standard InChI is InChI=1S/C14H21N7O/c1-4-15-14(18-9-12-19-10-20-21(12)2)17-8-11-5-6-16-13(7-11)22-3/h5-7,10H,4,8-9H2,1-3H3,(H2,15,17,18). The fraction of sp³-hybridized carbons (Fsp3) is 0.429. The minimum absolute atomic E-state index is 0.535. The van der Waals surface area contributed by atoms with Crippen LogP contribution in [0.3, 0.4) is 0 Å². The number of hydrogen-bond acceptors (Lipinski definition) is 5. The Morgan fingerprint density at radius 3 is 2.91 bits per heavy atom. The molecule has 0 bridgehead atoms. The SMILES string of the molecule is CCNC(=NCc1ccnc(OC)c1)NCc1ncnn1C. The van der Waals surface area contributed by atoms with E-state index in [1.807, 2.05) is 26.1 Å². The second-order valence-corrected chi connectivity index (χ2v) is 4.56. The van der Waals surface area contributed by atoms with Crippen LogP contribution >= 0.6 is 0 Å². The summed E-state index contributed by atoms with van der Waals surface area (Å²) in [4.78, 5) is 12.8. The highest BCUT2D eigenvalue weighted by molar-refractivity contribution is 5.79. The smallest absolute Gasteiger partial charge is 0.213 e. The summed E-state index contributed by atoms with van der Waals surface area (Å²) in [7, 11) is 3.46. The molecule has 22 heavy (non-hydrogen) atoms. The summed E-state index contributed by atoms with van der Waals surface area (Å²) in [6, 6.07) is 3.79. The molecule has 0 unspecified atom stereocenters. The molecule has 0 saturated heterocycles. The van der Waals surface area contributed by atoms with E-state index in [2.05, 4.69) is 30.7 Å². The Morgan fingerprint density at radius 1 is 1.36 bits per heavy atom. The Labute approximate surface area is 129 Å². The van der Waals surface area contributed by atoms with Gasteiger partial charge in [-0.1, -0.05) is 0 Å². The number of methoxy groups -OCH3 is 1. The van der Waals surface area contributed by atoms with Crippen LogP contribution in [0.5, 0.6) is 5.88 Å². The third-order valence-corrected chi connectivity index (χ3v) is 2.99. The van der Waals surface area contributed by atoms with Crippen LogP contribution in [0.4, 0.5) is 0 Å². The van der Waals surface area contributed by atoms with Crippen LogP contribution in [0.25, 0.3) is 0 Å². The molecular formula is C14H21N7O. The van der Waals surface area contributed by atoms with Crippen molar-refractivity contribution in [3.05, 3.63) is 36.0 Å². The van der Waals surface area contributed by atoms with Gasteiger partial charge in [0.15, 0.2) is 5.96 Å². The summed E-state index contributed by atoms with van der Waals surface area (Å²) in [5.41, 5.74) is 1.03. The van der Waals surface area contributed by atoms with E-state index in [0.29, 0.717) is 19.0 Å². The third kappa shape index (κ3) is 4.44. The summed E-state index contributed by atoms with van der Waals surface area (Å²) >= 11 is 0. The molecule has 0 aromatic carbocycles. The topological polar surface area (TPSA) is 89.2 Å². The van der Waals surface area contributed by atoms with Crippen molar-refractivity contribution in [2.45, 2.75) is 20.0 Å². The number of nitrogens with zero attached hydrogens (tertiary/aromatic N) is 5. The number of guanidine groups is 1. The van der Waals surface area contributed by atoms with E-state index in [4.69, 9.17) is 4.74 Å². The molecule has 0 radical (unpaired) electrons. The summed E-state index contributed by atoms with van der Waals surface area (Å²) in [5.74, 6) is 2.15. The number of aryl methyl sites for hydroxylation is 1. The average molecular weight is 303 g/mol. The quantitative estimate of drug-likeness (QED) is 0.596. The fourth-order valence-corrected chi connectivity index (χ4v) is 1.82. The number of aliphatic imine (C=N–C) groups is 1.